The topological polar surface area (TPSA) is 32.7 Å². The second-order valence-electron chi connectivity index (χ2n) is 4.27. The molecule has 0 aromatic heterocycles. The van der Waals surface area contributed by atoms with Crippen LogP contribution in [-0.4, -0.2) is 32.4 Å². The molecule has 0 saturated heterocycles. The van der Waals surface area contributed by atoms with E-state index in [1.54, 1.807) is 21.6 Å². The van der Waals surface area contributed by atoms with Gasteiger partial charge >= 0.3 is 0 Å². The minimum absolute atomic E-state index is 0.104. The Morgan fingerprint density at radius 2 is 1.89 bits per heavy atom. The first-order chi connectivity index (χ1) is 9.19. The Balaban J connectivity index is 1.94. The number of rotatable bonds is 5. The predicted octanol–water partition coefficient (Wildman–Crippen LogP) is 3.29. The molecule has 0 bridgehead atoms. The fraction of sp³-hybridized carbons (Fsp3) is 0.286. The minimum atomic E-state index is 0.104. The maximum atomic E-state index is 9.00. The number of aliphatic hydroxyl groups is 1. The third-order valence-corrected chi connectivity index (χ3v) is 5.15. The van der Waals surface area contributed by atoms with Gasteiger partial charge in [0, 0.05) is 35.7 Å². The van der Waals surface area contributed by atoms with Crippen LogP contribution in [0.25, 0.3) is 0 Å². The monoisotopic (exact) mass is 295 g/mol. The smallest absolute Gasteiger partial charge is 0.121 e. The Morgan fingerprint density at radius 3 is 2.53 bits per heavy atom. The molecule has 0 amide bonds. The van der Waals surface area contributed by atoms with Gasteiger partial charge < -0.3 is 14.7 Å². The molecular formula is C14H17NO2S2. The highest BCUT2D eigenvalue weighted by Gasteiger charge is 2.08. The van der Waals surface area contributed by atoms with E-state index in [2.05, 4.69) is 0 Å². The van der Waals surface area contributed by atoms with Crippen molar-refractivity contribution in [3.63, 3.8) is 0 Å². The lowest BCUT2D eigenvalue weighted by Gasteiger charge is -2.15. The van der Waals surface area contributed by atoms with Gasteiger partial charge in [0.1, 0.15) is 12.4 Å². The zero-order valence-electron chi connectivity index (χ0n) is 11.0. The lowest BCUT2D eigenvalue weighted by Crippen LogP contribution is -2.08. The van der Waals surface area contributed by atoms with Crippen LogP contribution in [0.15, 0.2) is 46.2 Å². The molecule has 0 atom stereocenters. The van der Waals surface area contributed by atoms with Crippen molar-refractivity contribution in [1.29, 1.82) is 0 Å². The summed E-state index contributed by atoms with van der Waals surface area (Å²) in [5.74, 6) is 0.870. The Hall–Kier alpha value is -1.04. The molecule has 1 aliphatic heterocycles. The predicted molar refractivity (Wildman–Crippen MR) is 84.7 cm³/mol. The van der Waals surface area contributed by atoms with E-state index in [-0.39, 0.29) is 6.61 Å². The molecule has 1 aliphatic rings. The Bertz CT molecular complexity index is 498. The lowest BCUT2D eigenvalue weighted by atomic mass is 10.3. The van der Waals surface area contributed by atoms with Gasteiger partial charge in [0.25, 0.3) is 0 Å². The Morgan fingerprint density at radius 1 is 1.16 bits per heavy atom. The molecule has 0 fully saturated rings. The van der Waals surface area contributed by atoms with Crippen molar-refractivity contribution in [2.75, 3.05) is 32.2 Å². The van der Waals surface area contributed by atoms with E-state index in [0.717, 1.165) is 21.2 Å². The van der Waals surface area contributed by atoms with Gasteiger partial charge in [-0.05, 0) is 24.3 Å². The van der Waals surface area contributed by atoms with Gasteiger partial charge in [-0.25, -0.2) is 0 Å². The van der Waals surface area contributed by atoms with E-state index >= 15 is 0 Å². The van der Waals surface area contributed by atoms with E-state index < -0.39 is 0 Å². The normalized spacial score (nSPS) is 14.7. The molecule has 0 saturated carbocycles. The van der Waals surface area contributed by atoms with Crippen LogP contribution in [0.2, 0.25) is 0 Å². The molecule has 0 radical (unpaired) electrons. The molecule has 0 spiro atoms. The summed E-state index contributed by atoms with van der Waals surface area (Å²) in [7, 11) is 7.25. The maximum absolute atomic E-state index is 9.00. The van der Waals surface area contributed by atoms with Crippen LogP contribution >= 0.6 is 21.6 Å². The fourth-order valence-electron chi connectivity index (χ4n) is 1.51. The molecule has 0 aliphatic carbocycles. The maximum Gasteiger partial charge on any atom is 0.121 e. The molecule has 0 unspecified atom stereocenters. The third-order valence-electron chi connectivity index (χ3n) is 2.58. The first-order valence-electron chi connectivity index (χ1n) is 5.94. The van der Waals surface area contributed by atoms with Gasteiger partial charge in [-0.1, -0.05) is 27.7 Å². The Kier molecular flexibility index (Phi) is 5.24. The quantitative estimate of drug-likeness (QED) is 0.843. The largest absolute Gasteiger partial charge is 0.488 e. The van der Waals surface area contributed by atoms with Crippen LogP contribution < -0.4 is 9.64 Å². The summed E-state index contributed by atoms with van der Waals surface area (Å²) in [6, 6.07) is 8.03. The van der Waals surface area contributed by atoms with Crippen molar-refractivity contribution in [2.45, 2.75) is 0 Å². The number of anilines is 1. The van der Waals surface area contributed by atoms with Gasteiger partial charge in [0.05, 0.1) is 6.61 Å². The van der Waals surface area contributed by atoms with Crippen LogP contribution in [0.1, 0.15) is 0 Å². The number of hydrogen-bond acceptors (Lipinski definition) is 5. The van der Waals surface area contributed by atoms with E-state index in [0.29, 0.717) is 6.61 Å². The minimum Gasteiger partial charge on any atom is -0.488 e. The van der Waals surface area contributed by atoms with Crippen LogP contribution in [-0.2, 0) is 0 Å². The van der Waals surface area contributed by atoms with Gasteiger partial charge in [0.2, 0.25) is 0 Å². The number of benzene rings is 1. The SMILES string of the molecule is CN(C)c1cccc(OCC2=CC=C(CO)SS2)c1. The highest BCUT2D eigenvalue weighted by atomic mass is 33.1. The van der Waals surface area contributed by atoms with Crippen molar-refractivity contribution in [3.05, 3.63) is 46.2 Å². The summed E-state index contributed by atoms with van der Waals surface area (Å²) in [5, 5.41) is 9.00. The lowest BCUT2D eigenvalue weighted by molar-refractivity contribution is 0.339. The summed E-state index contributed by atoms with van der Waals surface area (Å²) >= 11 is 0. The highest BCUT2D eigenvalue weighted by Crippen LogP contribution is 2.39. The molecule has 1 aromatic rings. The molecular weight excluding hydrogens is 278 g/mol. The second-order valence-corrected chi connectivity index (χ2v) is 6.65. The third kappa shape index (κ3) is 4.23. The molecule has 1 heterocycles. The fourth-order valence-corrected chi connectivity index (χ4v) is 3.40. The zero-order valence-corrected chi connectivity index (χ0v) is 12.6. The van der Waals surface area contributed by atoms with Crippen LogP contribution in [0.3, 0.4) is 0 Å². The summed E-state index contributed by atoms with van der Waals surface area (Å²) < 4.78 is 5.78. The molecule has 19 heavy (non-hydrogen) atoms. The number of allylic oxidation sites excluding steroid dienone is 2. The van der Waals surface area contributed by atoms with Gasteiger partial charge in [-0.3, -0.25) is 0 Å². The van der Waals surface area contributed by atoms with Crippen LogP contribution in [0.5, 0.6) is 5.75 Å². The van der Waals surface area contributed by atoms with Crippen molar-refractivity contribution in [3.8, 4) is 5.75 Å². The average Bonchev–Trinajstić information content (AvgIpc) is 2.46. The van der Waals surface area contributed by atoms with Crippen LogP contribution in [0, 0.1) is 0 Å². The number of hydrogen-bond donors (Lipinski definition) is 1. The summed E-state index contributed by atoms with van der Waals surface area (Å²) in [6.07, 6.45) is 3.94. The van der Waals surface area contributed by atoms with Crippen molar-refractivity contribution in [1.82, 2.24) is 0 Å². The van der Waals surface area contributed by atoms with Gasteiger partial charge in [-0.15, -0.1) is 0 Å². The molecule has 3 nitrogen and oxygen atoms in total. The molecule has 5 heteroatoms. The van der Waals surface area contributed by atoms with Crippen molar-refractivity contribution >= 4 is 27.3 Å². The summed E-state index contributed by atoms with van der Waals surface area (Å²) in [5.41, 5.74) is 1.12. The summed E-state index contributed by atoms with van der Waals surface area (Å²) in [6.45, 7) is 0.664. The molecule has 1 aromatic carbocycles. The van der Waals surface area contributed by atoms with Crippen molar-refractivity contribution in [2.24, 2.45) is 0 Å². The molecule has 1 N–H and O–H groups in total. The van der Waals surface area contributed by atoms with E-state index in [4.69, 9.17) is 9.84 Å². The standard InChI is InChI=1S/C14H17NO2S2/c1-15(2)11-4-3-5-12(8-11)17-10-14-7-6-13(9-16)18-19-14/h3-8,16H,9-10H2,1-2H3. The number of nitrogens with zero attached hydrogens (tertiary/aromatic N) is 1. The Labute approximate surface area is 121 Å². The first-order valence-corrected chi connectivity index (χ1v) is 8.09. The highest BCUT2D eigenvalue weighted by molar-refractivity contribution is 8.79. The van der Waals surface area contributed by atoms with E-state index in [1.807, 2.05) is 55.4 Å². The van der Waals surface area contributed by atoms with E-state index in [1.165, 1.54) is 0 Å². The van der Waals surface area contributed by atoms with Crippen LogP contribution in [0.4, 0.5) is 5.69 Å². The van der Waals surface area contributed by atoms with Gasteiger partial charge in [0.15, 0.2) is 0 Å². The second kappa shape index (κ2) is 6.93. The number of aliphatic hydroxyl groups excluding tert-OH is 1. The zero-order chi connectivity index (χ0) is 13.7. The van der Waals surface area contributed by atoms with Gasteiger partial charge in [-0.2, -0.15) is 0 Å². The first kappa shape index (κ1) is 14.4. The van der Waals surface area contributed by atoms with E-state index in [9.17, 15) is 0 Å². The van der Waals surface area contributed by atoms with Crippen molar-refractivity contribution < 1.29 is 9.84 Å². The average molecular weight is 295 g/mol. The molecule has 2 rings (SSSR count). The summed E-state index contributed by atoms with van der Waals surface area (Å²) in [4.78, 5) is 4.17. The molecule has 102 valence electrons. The number of ether oxygens (including phenoxy) is 1.